The first-order valence-electron chi connectivity index (χ1n) is 5.59. The first-order chi connectivity index (χ1) is 8.62. The second kappa shape index (κ2) is 5.38. The van der Waals surface area contributed by atoms with Crippen LogP contribution in [0.2, 0.25) is 0 Å². The maximum absolute atomic E-state index is 11.8. The SMILES string of the molecule is O=C(CCn1ccnn1)NC1(C(=O)O)CCSC1. The fourth-order valence-corrected chi connectivity index (χ4v) is 3.11. The van der Waals surface area contributed by atoms with Crippen LogP contribution in [0.4, 0.5) is 0 Å². The lowest BCUT2D eigenvalue weighted by Crippen LogP contribution is -2.54. The molecule has 1 aliphatic rings. The third-order valence-corrected chi connectivity index (χ3v) is 4.04. The highest BCUT2D eigenvalue weighted by Crippen LogP contribution is 2.28. The van der Waals surface area contributed by atoms with Crippen molar-refractivity contribution in [2.24, 2.45) is 0 Å². The van der Waals surface area contributed by atoms with E-state index in [4.69, 9.17) is 0 Å². The zero-order valence-corrected chi connectivity index (χ0v) is 10.5. The minimum atomic E-state index is -1.09. The number of hydrogen-bond donors (Lipinski definition) is 2. The van der Waals surface area contributed by atoms with Crippen LogP contribution in [-0.4, -0.2) is 49.0 Å². The summed E-state index contributed by atoms with van der Waals surface area (Å²) in [5, 5.41) is 19.2. The second-order valence-corrected chi connectivity index (χ2v) is 5.26. The zero-order chi connectivity index (χ0) is 13.0. The number of aromatic nitrogens is 3. The van der Waals surface area contributed by atoms with E-state index in [1.165, 1.54) is 10.9 Å². The van der Waals surface area contributed by atoms with E-state index in [1.807, 2.05) is 0 Å². The van der Waals surface area contributed by atoms with Crippen LogP contribution < -0.4 is 5.32 Å². The Hall–Kier alpha value is -1.57. The van der Waals surface area contributed by atoms with Gasteiger partial charge in [-0.2, -0.15) is 11.8 Å². The van der Waals surface area contributed by atoms with Gasteiger partial charge in [-0.3, -0.25) is 9.48 Å². The van der Waals surface area contributed by atoms with E-state index >= 15 is 0 Å². The van der Waals surface area contributed by atoms with Crippen LogP contribution in [0, 0.1) is 0 Å². The number of carbonyl (C=O) groups is 2. The number of thioether (sulfide) groups is 1. The predicted octanol–water partition coefficient (Wildman–Crippen LogP) is -0.255. The molecule has 0 saturated carbocycles. The summed E-state index contributed by atoms with van der Waals surface area (Å²) in [4.78, 5) is 23.0. The highest BCUT2D eigenvalue weighted by molar-refractivity contribution is 7.99. The second-order valence-electron chi connectivity index (χ2n) is 4.15. The molecule has 0 aromatic carbocycles. The first kappa shape index (κ1) is 12.9. The molecule has 1 unspecified atom stereocenters. The molecule has 7 nitrogen and oxygen atoms in total. The number of carboxylic acids is 1. The molecule has 2 heterocycles. The van der Waals surface area contributed by atoms with E-state index in [2.05, 4.69) is 15.6 Å². The third-order valence-electron chi connectivity index (χ3n) is 2.85. The van der Waals surface area contributed by atoms with Crippen molar-refractivity contribution in [3.8, 4) is 0 Å². The van der Waals surface area contributed by atoms with Gasteiger partial charge in [-0.05, 0) is 12.2 Å². The number of amides is 1. The van der Waals surface area contributed by atoms with Crippen LogP contribution in [0.3, 0.4) is 0 Å². The Bertz CT molecular complexity index is 428. The van der Waals surface area contributed by atoms with Crippen molar-refractivity contribution in [3.63, 3.8) is 0 Å². The van der Waals surface area contributed by atoms with Gasteiger partial charge in [0.25, 0.3) is 0 Å². The third kappa shape index (κ3) is 2.81. The van der Waals surface area contributed by atoms with E-state index in [-0.39, 0.29) is 12.3 Å². The highest BCUT2D eigenvalue weighted by atomic mass is 32.2. The Morgan fingerprint density at radius 3 is 2.94 bits per heavy atom. The number of aliphatic carboxylic acids is 1. The topological polar surface area (TPSA) is 97.1 Å². The molecule has 1 amide bonds. The monoisotopic (exact) mass is 270 g/mol. The van der Waals surface area contributed by atoms with Gasteiger partial charge in [0.15, 0.2) is 0 Å². The smallest absolute Gasteiger partial charge is 0.330 e. The molecule has 0 bridgehead atoms. The van der Waals surface area contributed by atoms with E-state index in [9.17, 15) is 14.7 Å². The normalized spacial score (nSPS) is 22.9. The van der Waals surface area contributed by atoms with Crippen molar-refractivity contribution in [2.75, 3.05) is 11.5 Å². The van der Waals surface area contributed by atoms with Gasteiger partial charge >= 0.3 is 5.97 Å². The largest absolute Gasteiger partial charge is 0.479 e. The molecule has 1 fully saturated rings. The minimum Gasteiger partial charge on any atom is -0.479 e. The molecule has 1 aromatic rings. The lowest BCUT2D eigenvalue weighted by atomic mass is 9.99. The number of aryl methyl sites for hydroxylation is 1. The van der Waals surface area contributed by atoms with Crippen LogP contribution in [0.25, 0.3) is 0 Å². The van der Waals surface area contributed by atoms with Crippen LogP contribution >= 0.6 is 11.8 Å². The molecule has 1 saturated heterocycles. The van der Waals surface area contributed by atoms with E-state index in [0.717, 1.165) is 5.75 Å². The molecule has 2 rings (SSSR count). The molecular formula is C10H14N4O3S. The van der Waals surface area contributed by atoms with Gasteiger partial charge in [0.1, 0.15) is 5.54 Å². The molecule has 8 heteroatoms. The quantitative estimate of drug-likeness (QED) is 0.765. The van der Waals surface area contributed by atoms with Crippen molar-refractivity contribution in [1.82, 2.24) is 20.3 Å². The summed E-state index contributed by atoms with van der Waals surface area (Å²) in [6.45, 7) is 0.397. The molecule has 18 heavy (non-hydrogen) atoms. The lowest BCUT2D eigenvalue weighted by Gasteiger charge is -2.24. The number of hydrogen-bond acceptors (Lipinski definition) is 5. The van der Waals surface area contributed by atoms with E-state index in [1.54, 1.807) is 18.0 Å². The fourth-order valence-electron chi connectivity index (χ4n) is 1.78. The first-order valence-corrected chi connectivity index (χ1v) is 6.74. The number of nitrogens with zero attached hydrogens (tertiary/aromatic N) is 3. The zero-order valence-electron chi connectivity index (χ0n) is 9.70. The van der Waals surface area contributed by atoms with Gasteiger partial charge in [0, 0.05) is 18.4 Å². The maximum Gasteiger partial charge on any atom is 0.330 e. The summed E-state index contributed by atoms with van der Waals surface area (Å²) in [5.41, 5.74) is -1.09. The summed E-state index contributed by atoms with van der Waals surface area (Å²) in [6.07, 6.45) is 3.86. The number of rotatable bonds is 5. The predicted molar refractivity (Wildman–Crippen MR) is 65.1 cm³/mol. The van der Waals surface area contributed by atoms with Crippen LogP contribution in [0.1, 0.15) is 12.8 Å². The van der Waals surface area contributed by atoms with Gasteiger partial charge in [0.2, 0.25) is 5.91 Å². The average Bonchev–Trinajstić information content (AvgIpc) is 2.97. The Balaban J connectivity index is 1.88. The summed E-state index contributed by atoms with van der Waals surface area (Å²) < 4.78 is 1.54. The number of nitrogens with one attached hydrogen (secondary N) is 1. The highest BCUT2D eigenvalue weighted by Gasteiger charge is 2.43. The molecule has 1 aromatic heterocycles. The minimum absolute atomic E-state index is 0.197. The van der Waals surface area contributed by atoms with Crippen molar-refractivity contribution in [1.29, 1.82) is 0 Å². The number of carboxylic acid groups (broad SMARTS) is 1. The van der Waals surface area contributed by atoms with E-state index in [0.29, 0.717) is 18.7 Å². The Morgan fingerprint density at radius 1 is 1.56 bits per heavy atom. The summed E-state index contributed by atoms with van der Waals surface area (Å²) in [5.74, 6) is -0.0374. The van der Waals surface area contributed by atoms with Crippen molar-refractivity contribution >= 4 is 23.6 Å². The molecule has 0 aliphatic carbocycles. The van der Waals surface area contributed by atoms with Gasteiger partial charge in [0.05, 0.1) is 12.7 Å². The number of carbonyl (C=O) groups excluding carboxylic acids is 1. The maximum atomic E-state index is 11.8. The van der Waals surface area contributed by atoms with Crippen LogP contribution in [0.15, 0.2) is 12.4 Å². The van der Waals surface area contributed by atoms with E-state index < -0.39 is 11.5 Å². The van der Waals surface area contributed by atoms with Crippen LogP contribution in [0.5, 0.6) is 0 Å². The van der Waals surface area contributed by atoms with Gasteiger partial charge in [-0.15, -0.1) is 5.10 Å². The fraction of sp³-hybridized carbons (Fsp3) is 0.600. The Morgan fingerprint density at radius 2 is 2.39 bits per heavy atom. The average molecular weight is 270 g/mol. The standard InChI is InChI=1S/C10H14N4O3S/c15-8(1-4-14-5-3-11-13-14)12-10(9(16)17)2-6-18-7-10/h3,5H,1-2,4,6-7H2,(H,12,15)(H,16,17). The van der Waals surface area contributed by atoms with Gasteiger partial charge in [-0.25, -0.2) is 4.79 Å². The summed E-state index contributed by atoms with van der Waals surface area (Å²) >= 11 is 1.54. The molecule has 1 atom stereocenters. The molecule has 2 N–H and O–H groups in total. The summed E-state index contributed by atoms with van der Waals surface area (Å²) in [7, 11) is 0. The van der Waals surface area contributed by atoms with Crippen molar-refractivity contribution in [3.05, 3.63) is 12.4 Å². The van der Waals surface area contributed by atoms with Crippen molar-refractivity contribution < 1.29 is 14.7 Å². The lowest BCUT2D eigenvalue weighted by molar-refractivity contribution is -0.146. The Kier molecular flexibility index (Phi) is 3.85. The molecule has 0 radical (unpaired) electrons. The van der Waals surface area contributed by atoms with Crippen molar-refractivity contribution in [2.45, 2.75) is 24.9 Å². The molecule has 1 aliphatic heterocycles. The molecule has 98 valence electrons. The molecule has 0 spiro atoms. The Labute approximate surface area is 108 Å². The summed E-state index contributed by atoms with van der Waals surface area (Å²) in [6, 6.07) is 0. The van der Waals surface area contributed by atoms with Gasteiger partial charge in [-0.1, -0.05) is 5.21 Å². The van der Waals surface area contributed by atoms with Gasteiger partial charge < -0.3 is 10.4 Å². The van der Waals surface area contributed by atoms with Crippen LogP contribution in [-0.2, 0) is 16.1 Å². The molecular weight excluding hydrogens is 256 g/mol.